The van der Waals surface area contributed by atoms with Gasteiger partial charge in [-0.1, -0.05) is 0 Å². The lowest BCUT2D eigenvalue weighted by molar-refractivity contribution is -0.384. The molecule has 9 heteroatoms. The van der Waals surface area contributed by atoms with Crippen molar-refractivity contribution in [2.75, 3.05) is 20.3 Å². The normalized spacial score (nSPS) is 10.1. The van der Waals surface area contributed by atoms with Gasteiger partial charge in [0.05, 0.1) is 23.2 Å². The molecule has 0 aliphatic heterocycles. The molecule has 0 saturated carbocycles. The molecule has 26 heavy (non-hydrogen) atoms. The summed E-state index contributed by atoms with van der Waals surface area (Å²) in [6, 6.07) is 8.41. The minimum atomic E-state index is -0.860. The number of methoxy groups -OCH3 is 1. The fourth-order valence-electron chi connectivity index (χ4n) is 1.98. The zero-order valence-corrected chi connectivity index (χ0v) is 13.6. The summed E-state index contributed by atoms with van der Waals surface area (Å²) in [5, 5.41) is 10.9. The van der Waals surface area contributed by atoms with Crippen LogP contribution in [0.4, 0.5) is 10.1 Å². The first kappa shape index (κ1) is 18.8. The van der Waals surface area contributed by atoms with Crippen molar-refractivity contribution < 1.29 is 33.1 Å². The highest BCUT2D eigenvalue weighted by atomic mass is 19.1. The van der Waals surface area contributed by atoms with Crippen molar-refractivity contribution in [1.82, 2.24) is 0 Å². The van der Waals surface area contributed by atoms with Gasteiger partial charge in [0.25, 0.3) is 5.69 Å². The van der Waals surface area contributed by atoms with Crippen molar-refractivity contribution in [3.05, 3.63) is 69.5 Å². The second-order valence-electron chi connectivity index (χ2n) is 4.96. The number of nitro benzene ring substituents is 1. The van der Waals surface area contributed by atoms with Crippen LogP contribution in [0.25, 0.3) is 0 Å². The number of esters is 2. The van der Waals surface area contributed by atoms with Gasteiger partial charge in [0.15, 0.2) is 0 Å². The van der Waals surface area contributed by atoms with Crippen LogP contribution in [0.1, 0.15) is 20.7 Å². The van der Waals surface area contributed by atoms with Gasteiger partial charge < -0.3 is 14.2 Å². The third-order valence-electron chi connectivity index (χ3n) is 3.18. The van der Waals surface area contributed by atoms with Gasteiger partial charge in [-0.05, 0) is 30.3 Å². The molecule has 0 aliphatic rings. The quantitative estimate of drug-likeness (QED) is 0.322. The number of ether oxygens (including phenoxy) is 3. The Bertz CT molecular complexity index is 820. The number of carbonyl (C=O) groups is 2. The van der Waals surface area contributed by atoms with Gasteiger partial charge in [0.1, 0.15) is 24.8 Å². The fourth-order valence-corrected chi connectivity index (χ4v) is 1.98. The van der Waals surface area contributed by atoms with Gasteiger partial charge >= 0.3 is 11.9 Å². The van der Waals surface area contributed by atoms with Crippen LogP contribution in [-0.4, -0.2) is 37.2 Å². The summed E-state index contributed by atoms with van der Waals surface area (Å²) >= 11 is 0. The summed E-state index contributed by atoms with van der Waals surface area (Å²) in [4.78, 5) is 33.8. The molecule has 0 aromatic heterocycles. The van der Waals surface area contributed by atoms with Gasteiger partial charge in [0.2, 0.25) is 0 Å². The predicted octanol–water partition coefficient (Wildman–Crippen LogP) is 2.76. The lowest BCUT2D eigenvalue weighted by atomic mass is 10.1. The van der Waals surface area contributed by atoms with Crippen molar-refractivity contribution in [2.45, 2.75) is 0 Å². The highest BCUT2D eigenvalue weighted by Gasteiger charge is 2.19. The van der Waals surface area contributed by atoms with Crippen molar-refractivity contribution in [1.29, 1.82) is 0 Å². The van der Waals surface area contributed by atoms with E-state index in [9.17, 15) is 24.1 Å². The molecule has 0 amide bonds. The summed E-state index contributed by atoms with van der Waals surface area (Å²) in [7, 11) is 1.12. The van der Waals surface area contributed by atoms with Gasteiger partial charge in [-0.25, -0.2) is 14.0 Å². The Labute approximate surface area is 147 Å². The SMILES string of the molecule is COC(=O)c1cc(C(=O)OCCOc2ccc(F)cc2)cc([N+](=O)[O-])c1. The maximum Gasteiger partial charge on any atom is 0.338 e. The molecule has 0 N–H and O–H groups in total. The number of hydrogen-bond acceptors (Lipinski definition) is 7. The van der Waals surface area contributed by atoms with Crippen LogP contribution >= 0.6 is 0 Å². The summed E-state index contributed by atoms with van der Waals surface area (Å²) in [5.41, 5.74) is -0.750. The number of rotatable bonds is 7. The van der Waals surface area contributed by atoms with Crippen molar-refractivity contribution in [2.24, 2.45) is 0 Å². The van der Waals surface area contributed by atoms with Crippen LogP contribution in [0, 0.1) is 15.9 Å². The van der Waals surface area contributed by atoms with Gasteiger partial charge in [-0.3, -0.25) is 10.1 Å². The molecular weight excluding hydrogens is 349 g/mol. The van der Waals surface area contributed by atoms with Crippen LogP contribution in [0.2, 0.25) is 0 Å². The summed E-state index contributed by atoms with van der Waals surface area (Å²) < 4.78 is 27.5. The van der Waals surface area contributed by atoms with E-state index in [1.165, 1.54) is 24.3 Å². The molecule has 0 saturated heterocycles. The Hall–Kier alpha value is -3.49. The van der Waals surface area contributed by atoms with E-state index in [0.29, 0.717) is 5.75 Å². The van der Waals surface area contributed by atoms with E-state index in [1.54, 1.807) is 0 Å². The highest BCUT2D eigenvalue weighted by molar-refractivity contribution is 5.96. The van der Waals surface area contributed by atoms with Gasteiger partial charge in [0, 0.05) is 12.1 Å². The van der Waals surface area contributed by atoms with Crippen LogP contribution in [-0.2, 0) is 9.47 Å². The number of non-ortho nitro benzene ring substituents is 1. The maximum absolute atomic E-state index is 12.8. The molecule has 0 heterocycles. The lowest BCUT2D eigenvalue weighted by Crippen LogP contribution is -2.13. The molecule has 136 valence electrons. The molecule has 0 unspecified atom stereocenters. The Morgan fingerprint density at radius 1 is 1.04 bits per heavy atom. The van der Waals surface area contributed by atoms with Gasteiger partial charge in [-0.15, -0.1) is 0 Å². The molecule has 0 spiro atoms. The second-order valence-corrected chi connectivity index (χ2v) is 4.96. The van der Waals surface area contributed by atoms with E-state index >= 15 is 0 Å². The number of halogens is 1. The predicted molar refractivity (Wildman–Crippen MR) is 86.6 cm³/mol. The van der Waals surface area contributed by atoms with E-state index in [-0.39, 0.29) is 24.3 Å². The lowest BCUT2D eigenvalue weighted by Gasteiger charge is -2.08. The molecule has 2 aromatic rings. The first-order chi connectivity index (χ1) is 12.4. The van der Waals surface area contributed by atoms with E-state index < -0.39 is 28.4 Å². The van der Waals surface area contributed by atoms with Crippen molar-refractivity contribution in [3.63, 3.8) is 0 Å². The highest BCUT2D eigenvalue weighted by Crippen LogP contribution is 2.19. The van der Waals surface area contributed by atoms with Crippen molar-refractivity contribution >= 4 is 17.6 Å². The van der Waals surface area contributed by atoms with E-state index in [2.05, 4.69) is 4.74 Å². The monoisotopic (exact) mass is 363 g/mol. The third kappa shape index (κ3) is 5.00. The maximum atomic E-state index is 12.8. The Balaban J connectivity index is 1.99. The Kier molecular flexibility index (Phi) is 6.20. The minimum Gasteiger partial charge on any atom is -0.490 e. The van der Waals surface area contributed by atoms with Gasteiger partial charge in [-0.2, -0.15) is 0 Å². The average Bonchev–Trinajstić information content (AvgIpc) is 2.65. The Morgan fingerprint density at radius 2 is 1.65 bits per heavy atom. The molecule has 0 bridgehead atoms. The number of nitro groups is 1. The van der Waals surface area contributed by atoms with Crippen LogP contribution in [0.5, 0.6) is 5.75 Å². The Morgan fingerprint density at radius 3 is 2.23 bits per heavy atom. The molecule has 8 nitrogen and oxygen atoms in total. The first-order valence-corrected chi connectivity index (χ1v) is 7.34. The smallest absolute Gasteiger partial charge is 0.338 e. The first-order valence-electron chi connectivity index (χ1n) is 7.34. The van der Waals surface area contributed by atoms with Crippen LogP contribution in [0.3, 0.4) is 0 Å². The molecular formula is C17H14FNO7. The molecule has 0 radical (unpaired) electrons. The summed E-state index contributed by atoms with van der Waals surface area (Å²) in [6.45, 7) is -0.150. The van der Waals surface area contributed by atoms with Crippen LogP contribution in [0.15, 0.2) is 42.5 Å². The van der Waals surface area contributed by atoms with Crippen molar-refractivity contribution in [3.8, 4) is 5.75 Å². The largest absolute Gasteiger partial charge is 0.490 e. The fraction of sp³-hybridized carbons (Fsp3) is 0.176. The van der Waals surface area contributed by atoms with E-state index in [4.69, 9.17) is 9.47 Å². The standard InChI is InChI=1S/C17H14FNO7/c1-24-16(20)11-8-12(10-14(9-11)19(22)23)17(21)26-7-6-25-15-4-2-13(18)3-5-15/h2-5,8-10H,6-7H2,1H3. The minimum absolute atomic E-state index is 0.00381. The zero-order chi connectivity index (χ0) is 19.1. The average molecular weight is 363 g/mol. The van der Waals surface area contributed by atoms with E-state index in [1.807, 2.05) is 0 Å². The number of carbonyl (C=O) groups excluding carboxylic acids is 2. The van der Waals surface area contributed by atoms with E-state index in [0.717, 1.165) is 25.3 Å². The molecule has 0 atom stereocenters. The van der Waals surface area contributed by atoms with Crippen LogP contribution < -0.4 is 4.74 Å². The number of benzene rings is 2. The molecule has 0 fully saturated rings. The third-order valence-corrected chi connectivity index (χ3v) is 3.18. The number of nitrogens with zero attached hydrogens (tertiary/aromatic N) is 1. The summed E-state index contributed by atoms with van der Waals surface area (Å²) in [6.07, 6.45) is 0. The summed E-state index contributed by atoms with van der Waals surface area (Å²) in [5.74, 6) is -1.69. The molecule has 2 aromatic carbocycles. The zero-order valence-electron chi connectivity index (χ0n) is 13.6. The molecule has 0 aliphatic carbocycles. The number of hydrogen-bond donors (Lipinski definition) is 0. The topological polar surface area (TPSA) is 105 Å². The molecule has 2 rings (SSSR count). The second kappa shape index (κ2) is 8.56.